The molecule has 2 amide bonds. The zero-order valence-corrected chi connectivity index (χ0v) is 19.6. The van der Waals surface area contributed by atoms with E-state index in [1.807, 2.05) is 5.32 Å². The number of rotatable bonds is 5. The van der Waals surface area contributed by atoms with E-state index in [0.717, 1.165) is 7.11 Å². The van der Waals surface area contributed by atoms with Gasteiger partial charge in [-0.25, -0.2) is 14.4 Å². The second-order valence-electron chi connectivity index (χ2n) is 7.69. The first-order valence-electron chi connectivity index (χ1n) is 10.5. The van der Waals surface area contributed by atoms with E-state index >= 15 is 0 Å². The van der Waals surface area contributed by atoms with Crippen LogP contribution in [-0.4, -0.2) is 32.2 Å². The fraction of sp³-hybridized carbons (Fsp3) is 0.160. The molecule has 0 aliphatic rings. The number of urea groups is 1. The molecule has 0 aliphatic heterocycles. The van der Waals surface area contributed by atoms with Gasteiger partial charge in [0.25, 0.3) is 0 Å². The van der Waals surface area contributed by atoms with E-state index in [2.05, 4.69) is 14.8 Å². The number of amides is 2. The third-order valence-corrected chi connectivity index (χ3v) is 5.15. The van der Waals surface area contributed by atoms with Crippen LogP contribution < -0.4 is 10.6 Å². The molecule has 0 unspecified atom stereocenters. The Kier molecular flexibility index (Phi) is 7.98. The Morgan fingerprint density at radius 1 is 0.658 bits per heavy atom. The molecule has 13 heteroatoms. The first-order valence-corrected chi connectivity index (χ1v) is 10.5. The normalized spacial score (nSPS) is 11.5. The van der Waals surface area contributed by atoms with Gasteiger partial charge in [-0.15, -0.1) is 0 Å². The van der Waals surface area contributed by atoms with Gasteiger partial charge in [-0.2, -0.15) is 26.3 Å². The van der Waals surface area contributed by atoms with Crippen molar-refractivity contribution < 1.29 is 50.2 Å². The number of hydrogen-bond donors (Lipinski definition) is 2. The average Bonchev–Trinajstić information content (AvgIpc) is 2.86. The Morgan fingerprint density at radius 2 is 1.16 bits per heavy atom. The van der Waals surface area contributed by atoms with Gasteiger partial charge >= 0.3 is 30.3 Å². The van der Waals surface area contributed by atoms with Crippen molar-refractivity contribution in [3.8, 4) is 11.1 Å². The standard InChI is InChI=1S/C25H18F6N2O5/c1-37-21(34)14-5-3-13(4-6-14)19-8-7-15(22(35)38-2)9-20(19)33-23(36)32-18-11-16(24(26,27)28)10-17(12-18)25(29,30)31/h3-12H,1-2H3,(H2,32,33,36). The van der Waals surface area contributed by atoms with Crippen molar-refractivity contribution in [1.82, 2.24) is 0 Å². The monoisotopic (exact) mass is 540 g/mol. The number of anilines is 2. The Hall–Kier alpha value is -4.55. The first kappa shape index (κ1) is 28.0. The van der Waals surface area contributed by atoms with Crippen LogP contribution in [0.25, 0.3) is 11.1 Å². The van der Waals surface area contributed by atoms with Gasteiger partial charge in [-0.1, -0.05) is 18.2 Å². The predicted octanol–water partition coefficient (Wildman–Crippen LogP) is 6.61. The highest BCUT2D eigenvalue weighted by Crippen LogP contribution is 2.38. The summed E-state index contributed by atoms with van der Waals surface area (Å²) in [6, 6.07) is 9.34. The molecule has 0 saturated carbocycles. The summed E-state index contributed by atoms with van der Waals surface area (Å²) < 4.78 is 88.2. The highest BCUT2D eigenvalue weighted by molar-refractivity contribution is 6.04. The first-order chi connectivity index (χ1) is 17.7. The lowest BCUT2D eigenvalue weighted by atomic mass is 10.00. The molecule has 3 rings (SSSR count). The maximum absolute atomic E-state index is 13.1. The number of esters is 2. The molecular weight excluding hydrogens is 522 g/mol. The summed E-state index contributed by atoms with van der Waals surface area (Å²) in [6.07, 6.45) is -10.2. The van der Waals surface area contributed by atoms with Crippen LogP contribution in [0.1, 0.15) is 31.8 Å². The molecule has 0 bridgehead atoms. The lowest BCUT2D eigenvalue weighted by Crippen LogP contribution is -2.21. The summed E-state index contributed by atoms with van der Waals surface area (Å²) in [5.74, 6) is -1.37. The van der Waals surface area contributed by atoms with Gasteiger partial charge in [-0.3, -0.25) is 0 Å². The maximum Gasteiger partial charge on any atom is 0.416 e. The molecule has 3 aromatic rings. The van der Waals surface area contributed by atoms with E-state index in [9.17, 15) is 40.7 Å². The van der Waals surface area contributed by atoms with Gasteiger partial charge < -0.3 is 20.1 Å². The zero-order valence-electron chi connectivity index (χ0n) is 19.6. The van der Waals surface area contributed by atoms with Crippen molar-refractivity contribution in [3.05, 3.63) is 82.9 Å². The molecular formula is C25H18F6N2O5. The second kappa shape index (κ2) is 10.8. The van der Waals surface area contributed by atoms with Crippen molar-refractivity contribution in [3.63, 3.8) is 0 Å². The number of carbonyl (C=O) groups excluding carboxylic acids is 3. The molecule has 38 heavy (non-hydrogen) atoms. The van der Waals surface area contributed by atoms with Crippen LogP contribution >= 0.6 is 0 Å². The summed E-state index contributed by atoms with van der Waals surface area (Å²) >= 11 is 0. The lowest BCUT2D eigenvalue weighted by Gasteiger charge is -2.16. The Bertz CT molecular complexity index is 1340. The minimum absolute atomic E-state index is 0.00356. The van der Waals surface area contributed by atoms with Crippen LogP contribution in [0.3, 0.4) is 0 Å². The van der Waals surface area contributed by atoms with Gasteiger partial charge in [-0.05, 0) is 48.0 Å². The van der Waals surface area contributed by atoms with Gasteiger partial charge in [0.05, 0.1) is 42.2 Å². The SMILES string of the molecule is COC(=O)c1ccc(-c2ccc(C(=O)OC)cc2NC(=O)Nc2cc(C(F)(F)F)cc(C(F)(F)F)c2)cc1. The highest BCUT2D eigenvalue weighted by atomic mass is 19.4. The molecule has 0 radical (unpaired) electrons. The molecule has 200 valence electrons. The zero-order chi connectivity index (χ0) is 28.3. The molecule has 7 nitrogen and oxygen atoms in total. The number of benzene rings is 3. The number of halogens is 6. The third-order valence-electron chi connectivity index (χ3n) is 5.15. The maximum atomic E-state index is 13.1. The van der Waals surface area contributed by atoms with Crippen LogP contribution in [0, 0.1) is 0 Å². The second-order valence-corrected chi connectivity index (χ2v) is 7.69. The minimum Gasteiger partial charge on any atom is -0.465 e. The van der Waals surface area contributed by atoms with Crippen molar-refractivity contribution in [2.75, 3.05) is 24.9 Å². The van der Waals surface area contributed by atoms with Gasteiger partial charge in [0, 0.05) is 11.3 Å². The molecule has 3 aromatic carbocycles. The van der Waals surface area contributed by atoms with Gasteiger partial charge in [0.2, 0.25) is 0 Å². The number of hydrogen-bond acceptors (Lipinski definition) is 5. The van der Waals surface area contributed by atoms with E-state index in [0.29, 0.717) is 23.3 Å². The third kappa shape index (κ3) is 6.60. The minimum atomic E-state index is -5.10. The van der Waals surface area contributed by atoms with E-state index in [1.165, 1.54) is 49.6 Å². The van der Waals surface area contributed by atoms with Crippen LogP contribution in [0.5, 0.6) is 0 Å². The summed E-state index contributed by atoms with van der Waals surface area (Å²) in [6.45, 7) is 0. The van der Waals surface area contributed by atoms with Crippen molar-refractivity contribution in [2.24, 2.45) is 0 Å². The van der Waals surface area contributed by atoms with Gasteiger partial charge in [0.15, 0.2) is 0 Å². The van der Waals surface area contributed by atoms with E-state index in [1.54, 1.807) is 0 Å². The van der Waals surface area contributed by atoms with E-state index < -0.39 is 47.1 Å². The van der Waals surface area contributed by atoms with Crippen molar-refractivity contribution >= 4 is 29.3 Å². The molecule has 0 spiro atoms. The summed E-state index contributed by atoms with van der Waals surface area (Å²) in [7, 11) is 2.32. The summed E-state index contributed by atoms with van der Waals surface area (Å²) in [4.78, 5) is 36.3. The molecule has 0 fully saturated rings. The van der Waals surface area contributed by atoms with E-state index in [-0.39, 0.29) is 22.9 Å². The Balaban J connectivity index is 1.98. The fourth-order valence-corrected chi connectivity index (χ4v) is 3.36. The van der Waals surface area contributed by atoms with Crippen molar-refractivity contribution in [2.45, 2.75) is 12.4 Å². The smallest absolute Gasteiger partial charge is 0.416 e. The molecule has 0 heterocycles. The highest BCUT2D eigenvalue weighted by Gasteiger charge is 2.37. The Morgan fingerprint density at radius 3 is 1.66 bits per heavy atom. The molecule has 0 saturated heterocycles. The molecule has 0 aliphatic carbocycles. The fourth-order valence-electron chi connectivity index (χ4n) is 3.36. The molecule has 2 N–H and O–H groups in total. The van der Waals surface area contributed by atoms with Crippen molar-refractivity contribution in [1.29, 1.82) is 0 Å². The summed E-state index contributed by atoms with van der Waals surface area (Å²) in [5, 5.41) is 4.29. The molecule has 0 atom stereocenters. The van der Waals surface area contributed by atoms with Crippen LogP contribution in [0.15, 0.2) is 60.7 Å². The number of alkyl halides is 6. The number of ether oxygens (including phenoxy) is 2. The topological polar surface area (TPSA) is 93.7 Å². The predicted molar refractivity (Wildman–Crippen MR) is 124 cm³/mol. The van der Waals surface area contributed by atoms with Crippen LogP contribution in [0.2, 0.25) is 0 Å². The lowest BCUT2D eigenvalue weighted by molar-refractivity contribution is -0.143. The van der Waals surface area contributed by atoms with Crippen LogP contribution in [-0.2, 0) is 21.8 Å². The summed E-state index contributed by atoms with van der Waals surface area (Å²) in [5.41, 5.74) is -3.04. The average molecular weight is 540 g/mol. The van der Waals surface area contributed by atoms with Gasteiger partial charge in [0.1, 0.15) is 0 Å². The number of carbonyl (C=O) groups is 3. The Labute approximate surface area is 211 Å². The number of nitrogens with one attached hydrogen (secondary N) is 2. The molecule has 0 aromatic heterocycles. The van der Waals surface area contributed by atoms with Crippen LogP contribution in [0.4, 0.5) is 42.5 Å². The van der Waals surface area contributed by atoms with E-state index in [4.69, 9.17) is 0 Å². The number of methoxy groups -OCH3 is 2. The quantitative estimate of drug-likeness (QED) is 0.281. The largest absolute Gasteiger partial charge is 0.465 e.